The Hall–Kier alpha value is -1.72. The molecule has 1 aliphatic rings. The zero-order valence-electron chi connectivity index (χ0n) is 11.3. The average Bonchev–Trinajstić information content (AvgIpc) is 3.10. The predicted octanol–water partition coefficient (Wildman–Crippen LogP) is 3.21. The van der Waals surface area contributed by atoms with Crippen LogP contribution in [-0.4, -0.2) is 11.4 Å². The number of amides is 1. The number of benzene rings is 1. The molecule has 0 unspecified atom stereocenters. The second-order valence-corrected chi connectivity index (χ2v) is 5.75. The summed E-state index contributed by atoms with van der Waals surface area (Å²) >= 11 is 0. The Morgan fingerprint density at radius 1 is 1.30 bits per heavy atom. The normalized spacial score (nSPS) is 16.1. The molecule has 20 heavy (non-hydrogen) atoms. The summed E-state index contributed by atoms with van der Waals surface area (Å²) in [5.41, 5.74) is 3.52. The maximum Gasteiger partial charge on any atom is 0.418 e. The molecule has 0 spiro atoms. The zero-order valence-corrected chi connectivity index (χ0v) is 11.3. The van der Waals surface area contributed by atoms with E-state index in [4.69, 9.17) is 5.73 Å². The largest absolute Gasteiger partial charge is 0.418 e. The molecular formula is C14H17F3N2O. The summed E-state index contributed by atoms with van der Waals surface area (Å²) < 4.78 is 38.3. The molecule has 2 rings (SSSR count). The van der Waals surface area contributed by atoms with Crippen LogP contribution in [0.2, 0.25) is 0 Å². The molecule has 0 saturated heterocycles. The quantitative estimate of drug-likeness (QED) is 0.838. The van der Waals surface area contributed by atoms with Gasteiger partial charge in [-0.3, -0.25) is 4.79 Å². The number of anilines is 1. The van der Waals surface area contributed by atoms with Crippen molar-refractivity contribution in [2.75, 3.05) is 5.73 Å². The Morgan fingerprint density at radius 3 is 2.40 bits per heavy atom. The Labute approximate surface area is 115 Å². The fourth-order valence-electron chi connectivity index (χ4n) is 2.21. The van der Waals surface area contributed by atoms with Crippen molar-refractivity contribution < 1.29 is 18.0 Å². The van der Waals surface area contributed by atoms with Crippen molar-refractivity contribution in [3.8, 4) is 0 Å². The van der Waals surface area contributed by atoms with E-state index in [-0.39, 0.29) is 11.3 Å². The van der Waals surface area contributed by atoms with Crippen molar-refractivity contribution in [3.63, 3.8) is 0 Å². The van der Waals surface area contributed by atoms with Gasteiger partial charge in [-0.15, -0.1) is 0 Å². The molecule has 1 aromatic carbocycles. The highest BCUT2D eigenvalue weighted by Crippen LogP contribution is 2.39. The molecule has 0 aromatic heterocycles. The molecular weight excluding hydrogens is 269 g/mol. The van der Waals surface area contributed by atoms with E-state index in [1.807, 2.05) is 13.8 Å². The molecule has 0 radical (unpaired) electrons. The minimum Gasteiger partial charge on any atom is -0.398 e. The Kier molecular flexibility index (Phi) is 3.44. The molecule has 1 amide bonds. The zero-order chi connectivity index (χ0) is 15.1. The monoisotopic (exact) mass is 286 g/mol. The smallest absolute Gasteiger partial charge is 0.398 e. The van der Waals surface area contributed by atoms with Gasteiger partial charge in [0.15, 0.2) is 0 Å². The van der Waals surface area contributed by atoms with Gasteiger partial charge in [0.05, 0.1) is 5.56 Å². The van der Waals surface area contributed by atoms with Gasteiger partial charge in [0.2, 0.25) is 0 Å². The van der Waals surface area contributed by atoms with E-state index in [0.29, 0.717) is 5.92 Å². The van der Waals surface area contributed by atoms with Gasteiger partial charge in [-0.2, -0.15) is 13.2 Å². The topological polar surface area (TPSA) is 55.1 Å². The molecule has 6 heteroatoms. The number of carbonyl (C=O) groups excluding carboxylic acids is 1. The number of nitrogens with one attached hydrogen (secondary N) is 1. The molecule has 1 fully saturated rings. The Bertz CT molecular complexity index is 534. The highest BCUT2D eigenvalue weighted by molar-refractivity contribution is 5.95. The van der Waals surface area contributed by atoms with Crippen LogP contribution in [-0.2, 0) is 6.18 Å². The van der Waals surface area contributed by atoms with E-state index >= 15 is 0 Å². The molecule has 1 aliphatic carbocycles. The number of rotatable bonds is 3. The molecule has 0 bridgehead atoms. The number of halogens is 3. The third kappa shape index (κ3) is 3.05. The van der Waals surface area contributed by atoms with Crippen molar-refractivity contribution in [2.45, 2.75) is 38.4 Å². The highest BCUT2D eigenvalue weighted by Gasteiger charge is 2.39. The van der Waals surface area contributed by atoms with Crippen molar-refractivity contribution in [2.24, 2.45) is 5.92 Å². The number of nitrogen functional groups attached to an aromatic ring is 1. The molecule has 0 heterocycles. The first-order valence-electron chi connectivity index (χ1n) is 6.40. The molecule has 3 N–H and O–H groups in total. The summed E-state index contributed by atoms with van der Waals surface area (Å²) in [7, 11) is 0. The fraction of sp³-hybridized carbons (Fsp3) is 0.500. The standard InChI is InChI=1S/C14H17F3N2O/c1-13(2,9-4-5-9)19-12(20)8-3-6-11(18)10(7-8)14(15,16)17/h3,6-7,9H,4-5,18H2,1-2H3,(H,19,20). The van der Waals surface area contributed by atoms with Crippen LogP contribution in [0.5, 0.6) is 0 Å². The third-order valence-corrected chi connectivity index (χ3v) is 3.65. The first-order valence-corrected chi connectivity index (χ1v) is 6.40. The SMILES string of the molecule is CC(C)(NC(=O)c1ccc(N)c(C(F)(F)F)c1)C1CC1. The van der Waals surface area contributed by atoms with Crippen molar-refractivity contribution in [1.82, 2.24) is 5.32 Å². The molecule has 3 nitrogen and oxygen atoms in total. The van der Waals surface area contributed by atoms with E-state index in [1.54, 1.807) is 0 Å². The number of hydrogen-bond donors (Lipinski definition) is 2. The number of carbonyl (C=O) groups is 1. The summed E-state index contributed by atoms with van der Waals surface area (Å²) in [4.78, 5) is 12.1. The van der Waals surface area contributed by atoms with Crippen LogP contribution in [0, 0.1) is 5.92 Å². The molecule has 0 atom stereocenters. The maximum absolute atomic E-state index is 12.8. The number of nitrogens with two attached hydrogens (primary N) is 1. The van der Waals surface area contributed by atoms with E-state index in [1.165, 1.54) is 6.07 Å². The predicted molar refractivity (Wildman–Crippen MR) is 70.1 cm³/mol. The lowest BCUT2D eigenvalue weighted by atomic mass is 9.97. The molecule has 1 saturated carbocycles. The number of hydrogen-bond acceptors (Lipinski definition) is 2. The van der Waals surface area contributed by atoms with Gasteiger partial charge in [-0.25, -0.2) is 0 Å². The van der Waals surface area contributed by atoms with Gasteiger partial charge in [0.25, 0.3) is 5.91 Å². The lowest BCUT2D eigenvalue weighted by Crippen LogP contribution is -2.45. The van der Waals surface area contributed by atoms with E-state index in [2.05, 4.69) is 5.32 Å². The summed E-state index contributed by atoms with van der Waals surface area (Å²) in [5, 5.41) is 2.79. The van der Waals surface area contributed by atoms with Crippen LogP contribution in [0.3, 0.4) is 0 Å². The van der Waals surface area contributed by atoms with E-state index in [0.717, 1.165) is 25.0 Å². The Balaban J connectivity index is 2.22. The summed E-state index contributed by atoms with van der Waals surface area (Å²) in [6.45, 7) is 3.76. The van der Waals surface area contributed by atoms with Gasteiger partial charge in [0.1, 0.15) is 0 Å². The number of alkyl halides is 3. The van der Waals surface area contributed by atoms with Crippen LogP contribution < -0.4 is 11.1 Å². The maximum atomic E-state index is 12.8. The first kappa shape index (κ1) is 14.7. The van der Waals surface area contributed by atoms with Gasteiger partial charge >= 0.3 is 6.18 Å². The average molecular weight is 286 g/mol. The van der Waals surface area contributed by atoms with Gasteiger partial charge in [-0.05, 0) is 50.8 Å². The lowest BCUT2D eigenvalue weighted by Gasteiger charge is -2.26. The minimum absolute atomic E-state index is 0.0275. The molecule has 110 valence electrons. The molecule has 0 aliphatic heterocycles. The van der Waals surface area contributed by atoms with Gasteiger partial charge in [-0.1, -0.05) is 0 Å². The summed E-state index contributed by atoms with van der Waals surface area (Å²) in [5.74, 6) is -0.116. The highest BCUT2D eigenvalue weighted by atomic mass is 19.4. The Morgan fingerprint density at radius 2 is 1.90 bits per heavy atom. The van der Waals surface area contributed by atoms with Crippen LogP contribution in [0.1, 0.15) is 42.6 Å². The fourth-order valence-corrected chi connectivity index (χ4v) is 2.21. The summed E-state index contributed by atoms with van der Waals surface area (Å²) in [6.07, 6.45) is -2.50. The van der Waals surface area contributed by atoms with Crippen LogP contribution in [0.4, 0.5) is 18.9 Å². The second kappa shape index (κ2) is 4.68. The van der Waals surface area contributed by atoms with Crippen LogP contribution >= 0.6 is 0 Å². The van der Waals surface area contributed by atoms with E-state index < -0.39 is 23.2 Å². The first-order chi connectivity index (χ1) is 9.11. The van der Waals surface area contributed by atoms with Gasteiger partial charge < -0.3 is 11.1 Å². The minimum atomic E-state index is -4.56. The van der Waals surface area contributed by atoms with Crippen LogP contribution in [0.25, 0.3) is 0 Å². The molecule has 1 aromatic rings. The van der Waals surface area contributed by atoms with Crippen molar-refractivity contribution >= 4 is 11.6 Å². The lowest BCUT2D eigenvalue weighted by molar-refractivity contribution is -0.136. The van der Waals surface area contributed by atoms with E-state index in [9.17, 15) is 18.0 Å². The van der Waals surface area contributed by atoms with Gasteiger partial charge in [0, 0.05) is 16.8 Å². The van der Waals surface area contributed by atoms with Crippen LogP contribution in [0.15, 0.2) is 18.2 Å². The van der Waals surface area contributed by atoms with Crippen molar-refractivity contribution in [1.29, 1.82) is 0 Å². The second-order valence-electron chi connectivity index (χ2n) is 5.75. The summed E-state index contributed by atoms with van der Waals surface area (Å²) in [6, 6.07) is 3.22. The van der Waals surface area contributed by atoms with Crippen molar-refractivity contribution in [3.05, 3.63) is 29.3 Å². The third-order valence-electron chi connectivity index (χ3n) is 3.65.